The highest BCUT2D eigenvalue weighted by Gasteiger charge is 1.94. The first-order chi connectivity index (χ1) is 3.50. The Kier molecular flexibility index (Phi) is 3.01. The molecule has 1 rings (SSSR count). The molecule has 0 aromatic rings. The Morgan fingerprint density at radius 2 is 2.29 bits per heavy atom. The van der Waals surface area contributed by atoms with E-state index in [-0.39, 0.29) is 0 Å². The van der Waals surface area contributed by atoms with Crippen molar-refractivity contribution >= 4 is 23.5 Å². The van der Waals surface area contributed by atoms with E-state index in [0.29, 0.717) is 0 Å². The molecule has 1 aliphatic rings. The third-order valence-electron chi connectivity index (χ3n) is 0.794. The highest BCUT2D eigenvalue weighted by atomic mass is 32.2. The zero-order valence-electron chi connectivity index (χ0n) is 4.14. The molecule has 1 N–H and O–H groups in total. The lowest BCUT2D eigenvalue weighted by Gasteiger charge is -1.90. The molecule has 0 spiro atoms. The minimum absolute atomic E-state index is 1.15. The summed E-state index contributed by atoms with van der Waals surface area (Å²) in [6.07, 6.45) is 0. The Bertz CT molecular complexity index is 29.3. The third kappa shape index (κ3) is 2.46. The molecule has 1 aliphatic heterocycles. The van der Waals surface area contributed by atoms with Crippen molar-refractivity contribution < 1.29 is 0 Å². The van der Waals surface area contributed by atoms with E-state index in [4.69, 9.17) is 0 Å². The van der Waals surface area contributed by atoms with Crippen molar-refractivity contribution in [2.75, 3.05) is 23.3 Å². The van der Waals surface area contributed by atoms with Gasteiger partial charge in [0, 0.05) is 23.3 Å². The predicted molar refractivity (Wildman–Crippen MR) is 37.8 cm³/mol. The first kappa shape index (κ1) is 5.79. The topological polar surface area (TPSA) is 12.0 Å². The molecule has 0 atom stereocenters. The summed E-state index contributed by atoms with van der Waals surface area (Å²) in [5.41, 5.74) is 0. The van der Waals surface area contributed by atoms with E-state index < -0.39 is 0 Å². The van der Waals surface area contributed by atoms with Gasteiger partial charge in [-0.25, -0.2) is 0 Å². The molecule has 3 heteroatoms. The largest absolute Gasteiger partial charge is 0.307 e. The first-order valence-electron chi connectivity index (χ1n) is 2.36. The molecule has 0 amide bonds. The molecule has 0 aromatic heterocycles. The summed E-state index contributed by atoms with van der Waals surface area (Å²) in [6, 6.07) is 0. The molecular weight excluding hydrogens is 126 g/mol. The lowest BCUT2D eigenvalue weighted by molar-refractivity contribution is 0.852. The van der Waals surface area contributed by atoms with E-state index in [2.05, 4.69) is 5.32 Å². The summed E-state index contributed by atoms with van der Waals surface area (Å²) in [5.74, 6) is 2.43. The molecule has 0 aliphatic carbocycles. The summed E-state index contributed by atoms with van der Waals surface area (Å²) in [6.45, 7) is 1.19. The van der Waals surface area contributed by atoms with Crippen molar-refractivity contribution in [3.05, 3.63) is 0 Å². The van der Waals surface area contributed by atoms with Gasteiger partial charge in [-0.15, -0.1) is 23.5 Å². The highest BCUT2D eigenvalue weighted by Crippen LogP contribution is 2.11. The van der Waals surface area contributed by atoms with Gasteiger partial charge in [-0.1, -0.05) is 0 Å². The van der Waals surface area contributed by atoms with Crippen LogP contribution in [0.4, 0.5) is 0 Å². The molecule has 1 heterocycles. The van der Waals surface area contributed by atoms with Gasteiger partial charge < -0.3 is 5.32 Å². The van der Waals surface area contributed by atoms with Crippen LogP contribution in [-0.2, 0) is 0 Å². The molecule has 0 saturated carbocycles. The molecule has 0 bridgehead atoms. The van der Waals surface area contributed by atoms with Crippen molar-refractivity contribution in [2.45, 2.75) is 0 Å². The van der Waals surface area contributed by atoms with E-state index >= 15 is 0 Å². The summed E-state index contributed by atoms with van der Waals surface area (Å²) < 4.78 is 0. The Balaban J connectivity index is 2.04. The van der Waals surface area contributed by atoms with Crippen molar-refractivity contribution in [1.82, 2.24) is 5.32 Å². The summed E-state index contributed by atoms with van der Waals surface area (Å²) in [4.78, 5) is 0. The van der Waals surface area contributed by atoms with Crippen molar-refractivity contribution in [3.8, 4) is 0 Å². The Hall–Kier alpha value is 0.660. The predicted octanol–water partition coefficient (Wildman–Crippen LogP) is 0.971. The summed E-state index contributed by atoms with van der Waals surface area (Å²) >= 11 is 3.98. The van der Waals surface area contributed by atoms with Gasteiger partial charge >= 0.3 is 0 Å². The fraction of sp³-hybridized carbons (Fsp3) is 1.00. The number of hydrogen-bond acceptors (Lipinski definition) is 3. The SMILES string of the molecule is C1CSCSCN1. The first-order valence-corrected chi connectivity index (χ1v) is 4.67. The zero-order valence-corrected chi connectivity index (χ0v) is 5.78. The van der Waals surface area contributed by atoms with Crippen LogP contribution in [-0.4, -0.2) is 23.3 Å². The van der Waals surface area contributed by atoms with Gasteiger partial charge in [0.05, 0.1) is 0 Å². The van der Waals surface area contributed by atoms with E-state index in [1.807, 2.05) is 23.5 Å². The van der Waals surface area contributed by atoms with Crippen LogP contribution in [0.25, 0.3) is 0 Å². The second-order valence-electron chi connectivity index (χ2n) is 1.37. The lowest BCUT2D eigenvalue weighted by atomic mass is 10.8. The van der Waals surface area contributed by atoms with E-state index in [1.165, 1.54) is 17.4 Å². The molecule has 0 aromatic carbocycles. The molecule has 0 radical (unpaired) electrons. The molecule has 0 unspecified atom stereocenters. The Morgan fingerprint density at radius 3 is 3.29 bits per heavy atom. The highest BCUT2D eigenvalue weighted by molar-refractivity contribution is 8.16. The van der Waals surface area contributed by atoms with Gasteiger partial charge in [0.2, 0.25) is 0 Å². The molecule has 1 saturated heterocycles. The van der Waals surface area contributed by atoms with Crippen LogP contribution in [0.2, 0.25) is 0 Å². The normalized spacial score (nSPS) is 24.0. The average Bonchev–Trinajstić information content (AvgIpc) is 1.90. The maximum Gasteiger partial charge on any atom is 0.0426 e. The second kappa shape index (κ2) is 3.64. The van der Waals surface area contributed by atoms with Gasteiger partial charge in [-0.3, -0.25) is 0 Å². The summed E-state index contributed by atoms with van der Waals surface area (Å²) in [7, 11) is 0. The smallest absolute Gasteiger partial charge is 0.0426 e. The zero-order chi connectivity index (χ0) is 4.95. The average molecular weight is 135 g/mol. The fourth-order valence-electron chi connectivity index (χ4n) is 0.448. The fourth-order valence-corrected chi connectivity index (χ4v) is 2.30. The summed E-state index contributed by atoms with van der Waals surface area (Å²) in [5, 5.41) is 4.56. The molecule has 1 fully saturated rings. The van der Waals surface area contributed by atoms with Crippen LogP contribution in [0.5, 0.6) is 0 Å². The van der Waals surface area contributed by atoms with Gasteiger partial charge in [-0.2, -0.15) is 0 Å². The van der Waals surface area contributed by atoms with Gasteiger partial charge in [0.25, 0.3) is 0 Å². The number of nitrogens with one attached hydrogen (secondary N) is 1. The Morgan fingerprint density at radius 1 is 1.29 bits per heavy atom. The van der Waals surface area contributed by atoms with E-state index in [9.17, 15) is 0 Å². The Labute approximate surface area is 52.6 Å². The maximum atomic E-state index is 3.29. The second-order valence-corrected chi connectivity index (χ2v) is 3.83. The van der Waals surface area contributed by atoms with E-state index in [1.54, 1.807) is 0 Å². The maximum absolute atomic E-state index is 3.29. The van der Waals surface area contributed by atoms with Crippen LogP contribution >= 0.6 is 23.5 Å². The molecule has 7 heavy (non-hydrogen) atoms. The van der Waals surface area contributed by atoms with Crippen molar-refractivity contribution in [3.63, 3.8) is 0 Å². The molecule has 42 valence electrons. The van der Waals surface area contributed by atoms with Gasteiger partial charge in [0.15, 0.2) is 0 Å². The van der Waals surface area contributed by atoms with Crippen LogP contribution < -0.4 is 5.32 Å². The van der Waals surface area contributed by atoms with E-state index in [0.717, 1.165) is 5.88 Å². The molecular formula is C4H9NS2. The molecule has 1 nitrogen and oxygen atoms in total. The monoisotopic (exact) mass is 135 g/mol. The minimum Gasteiger partial charge on any atom is -0.307 e. The van der Waals surface area contributed by atoms with Crippen LogP contribution in [0.3, 0.4) is 0 Å². The van der Waals surface area contributed by atoms with Crippen LogP contribution in [0.1, 0.15) is 0 Å². The van der Waals surface area contributed by atoms with Crippen LogP contribution in [0.15, 0.2) is 0 Å². The number of hydrogen-bond donors (Lipinski definition) is 1. The van der Waals surface area contributed by atoms with Crippen molar-refractivity contribution in [2.24, 2.45) is 0 Å². The van der Waals surface area contributed by atoms with Crippen LogP contribution in [0, 0.1) is 0 Å². The lowest BCUT2D eigenvalue weighted by Crippen LogP contribution is -2.13. The third-order valence-corrected chi connectivity index (χ3v) is 3.03. The number of rotatable bonds is 0. The minimum atomic E-state index is 1.15. The standard InChI is InChI=1S/C4H9NS2/c1-2-6-4-7-3-5-1/h5H,1-4H2. The van der Waals surface area contributed by atoms with Crippen molar-refractivity contribution in [1.29, 1.82) is 0 Å². The quantitative estimate of drug-likeness (QED) is 0.531. The van der Waals surface area contributed by atoms with Gasteiger partial charge in [-0.05, 0) is 0 Å². The van der Waals surface area contributed by atoms with Gasteiger partial charge in [0.1, 0.15) is 0 Å². The number of thioether (sulfide) groups is 2.